The van der Waals surface area contributed by atoms with E-state index < -0.39 is 5.97 Å². The van der Waals surface area contributed by atoms with Crippen LogP contribution in [0.5, 0.6) is 0 Å². The Labute approximate surface area is 222 Å². The summed E-state index contributed by atoms with van der Waals surface area (Å²) in [6, 6.07) is 8.14. The second-order valence-electron chi connectivity index (χ2n) is 7.82. The minimum absolute atomic E-state index is 0.138. The van der Waals surface area contributed by atoms with E-state index in [1.54, 1.807) is 6.92 Å². The molecule has 0 saturated heterocycles. The molecule has 0 spiro atoms. The van der Waals surface area contributed by atoms with E-state index in [4.69, 9.17) is 33.7 Å². The van der Waals surface area contributed by atoms with E-state index in [1.807, 2.05) is 55.2 Å². The molecule has 2 rings (SSSR count). The van der Waals surface area contributed by atoms with E-state index in [0.717, 1.165) is 29.4 Å². The van der Waals surface area contributed by atoms with Crippen LogP contribution in [0.4, 0.5) is 5.69 Å². The number of nitrogens with two attached hydrogens (primary N) is 1. The maximum atomic E-state index is 12.4. The molecule has 0 atom stereocenters. The van der Waals surface area contributed by atoms with Crippen molar-refractivity contribution in [2.24, 2.45) is 5.73 Å². The van der Waals surface area contributed by atoms with Crippen molar-refractivity contribution >= 4 is 34.9 Å². The molecule has 0 aliphatic heterocycles. The highest BCUT2D eigenvalue weighted by Gasteiger charge is 2.22. The fraction of sp³-hybridized carbons (Fsp3) is 0.464. The van der Waals surface area contributed by atoms with Crippen molar-refractivity contribution in [3.8, 4) is 12.8 Å². The molecular weight excluding hydrogens is 481 g/mol. The second kappa shape index (κ2) is 19.9. The largest absolute Gasteiger partial charge is 0.461 e. The molecule has 194 valence electrons. The van der Waals surface area contributed by atoms with Gasteiger partial charge in [0.1, 0.15) is 5.70 Å². The summed E-state index contributed by atoms with van der Waals surface area (Å²) in [6.07, 6.45) is 18.0. The first kappa shape index (κ1) is 32.6. The van der Waals surface area contributed by atoms with Crippen molar-refractivity contribution in [2.45, 2.75) is 65.3 Å². The van der Waals surface area contributed by atoms with Crippen LogP contribution in [0.15, 0.2) is 59.4 Å². The standard InChI is InChI=1S/C22H32ClN3O2.C4H7Cl.C2H2/c1-3-5-16-26(19-13-9-8-12-18(19)23)20(21(24)22(27)28-4-2)14-15-25-17-10-6-7-11-17;1-3-4(2)5;1-2/h3,8-9,12-13,17,25H,1,4-7,10-11,14-16,24H2,2H3;3H,1-2H3;1-2H/b21-20-;4-3+;. The van der Waals surface area contributed by atoms with Gasteiger partial charge in [0, 0.05) is 36.3 Å². The number of nitrogens with one attached hydrogen (secondary N) is 1. The summed E-state index contributed by atoms with van der Waals surface area (Å²) in [5.74, 6) is -0.492. The first-order valence-electron chi connectivity index (χ1n) is 12.0. The number of esters is 1. The maximum Gasteiger partial charge on any atom is 0.356 e. The highest BCUT2D eigenvalue weighted by atomic mass is 35.5. The van der Waals surface area contributed by atoms with Gasteiger partial charge in [-0.3, -0.25) is 0 Å². The maximum absolute atomic E-state index is 12.4. The quantitative estimate of drug-likeness (QED) is 0.145. The molecule has 0 heterocycles. The topological polar surface area (TPSA) is 67.6 Å². The van der Waals surface area contributed by atoms with Gasteiger partial charge in [-0.2, -0.15) is 0 Å². The third kappa shape index (κ3) is 12.8. The first-order valence-corrected chi connectivity index (χ1v) is 12.7. The number of rotatable bonds is 11. The van der Waals surface area contributed by atoms with Gasteiger partial charge in [-0.25, -0.2) is 4.79 Å². The number of allylic oxidation sites excluding steroid dienone is 2. The molecule has 0 bridgehead atoms. The van der Waals surface area contributed by atoms with Gasteiger partial charge in [0.05, 0.1) is 17.3 Å². The predicted molar refractivity (Wildman–Crippen MR) is 152 cm³/mol. The molecule has 1 fully saturated rings. The Morgan fingerprint density at radius 1 is 1.31 bits per heavy atom. The van der Waals surface area contributed by atoms with Gasteiger partial charge in [-0.1, -0.05) is 60.3 Å². The Bertz CT molecular complexity index is 840. The van der Waals surface area contributed by atoms with Gasteiger partial charge in [0.15, 0.2) is 0 Å². The summed E-state index contributed by atoms with van der Waals surface area (Å²) in [6.45, 7) is 11.0. The van der Waals surface area contributed by atoms with Crippen LogP contribution in [0.3, 0.4) is 0 Å². The van der Waals surface area contributed by atoms with Crippen molar-refractivity contribution in [3.63, 3.8) is 0 Å². The molecule has 35 heavy (non-hydrogen) atoms. The summed E-state index contributed by atoms with van der Waals surface area (Å²) in [5.41, 5.74) is 7.97. The number of para-hydroxylation sites is 1. The van der Waals surface area contributed by atoms with Crippen LogP contribution in [-0.4, -0.2) is 31.7 Å². The number of carbonyl (C=O) groups is 1. The van der Waals surface area contributed by atoms with Gasteiger partial charge in [0.25, 0.3) is 0 Å². The van der Waals surface area contributed by atoms with E-state index in [-0.39, 0.29) is 12.3 Å². The number of benzene rings is 1. The Morgan fingerprint density at radius 2 is 1.91 bits per heavy atom. The number of anilines is 1. The van der Waals surface area contributed by atoms with Gasteiger partial charge >= 0.3 is 5.97 Å². The third-order valence-corrected chi connectivity index (χ3v) is 5.92. The van der Waals surface area contributed by atoms with Crippen molar-refractivity contribution in [2.75, 3.05) is 24.6 Å². The van der Waals surface area contributed by atoms with Crippen LogP contribution in [0, 0.1) is 12.8 Å². The number of hydrogen-bond donors (Lipinski definition) is 2. The van der Waals surface area contributed by atoms with Gasteiger partial charge in [0.2, 0.25) is 0 Å². The molecule has 0 amide bonds. The molecule has 1 aliphatic rings. The molecule has 1 aromatic carbocycles. The Morgan fingerprint density at radius 3 is 2.43 bits per heavy atom. The van der Waals surface area contributed by atoms with E-state index >= 15 is 0 Å². The zero-order valence-corrected chi connectivity index (χ0v) is 22.9. The molecule has 5 nitrogen and oxygen atoms in total. The minimum atomic E-state index is -0.492. The lowest BCUT2D eigenvalue weighted by molar-refractivity contribution is -0.138. The lowest BCUT2D eigenvalue weighted by Gasteiger charge is -2.30. The Kier molecular flexibility index (Phi) is 18.5. The second-order valence-corrected chi connectivity index (χ2v) is 8.83. The van der Waals surface area contributed by atoms with E-state index in [2.05, 4.69) is 24.7 Å². The molecule has 3 N–H and O–H groups in total. The zero-order valence-electron chi connectivity index (χ0n) is 21.4. The highest BCUT2D eigenvalue weighted by molar-refractivity contribution is 6.33. The van der Waals surface area contributed by atoms with Crippen molar-refractivity contribution < 1.29 is 9.53 Å². The SMILES string of the molecule is C#C.C/C=C(\C)Cl.C=CCCN(/C(CCNC1CCCC1)=C(\N)C(=O)OCC)c1ccccc1Cl. The van der Waals surface area contributed by atoms with Crippen molar-refractivity contribution in [1.82, 2.24) is 5.32 Å². The average Bonchev–Trinajstić information content (AvgIpc) is 3.39. The Hall–Kier alpha value is -2.39. The number of terminal acetylenes is 1. The fourth-order valence-corrected chi connectivity index (χ4v) is 3.80. The van der Waals surface area contributed by atoms with Crippen LogP contribution in [0.2, 0.25) is 5.02 Å². The van der Waals surface area contributed by atoms with Gasteiger partial charge < -0.3 is 20.7 Å². The fourth-order valence-electron chi connectivity index (χ4n) is 3.56. The lowest BCUT2D eigenvalue weighted by Crippen LogP contribution is -2.34. The van der Waals surface area contributed by atoms with Crippen LogP contribution >= 0.6 is 23.2 Å². The van der Waals surface area contributed by atoms with Crippen LogP contribution in [0.1, 0.15) is 59.3 Å². The van der Waals surface area contributed by atoms with Crippen LogP contribution in [-0.2, 0) is 9.53 Å². The summed E-state index contributed by atoms with van der Waals surface area (Å²) < 4.78 is 5.16. The number of hydrogen-bond acceptors (Lipinski definition) is 5. The molecule has 1 saturated carbocycles. The number of ether oxygens (including phenoxy) is 1. The van der Waals surface area contributed by atoms with Gasteiger partial charge in [-0.05, 0) is 52.2 Å². The van der Waals surface area contributed by atoms with E-state index in [0.29, 0.717) is 24.0 Å². The summed E-state index contributed by atoms with van der Waals surface area (Å²) >= 11 is 11.8. The minimum Gasteiger partial charge on any atom is -0.461 e. The third-order valence-electron chi connectivity index (χ3n) is 5.38. The number of halogens is 2. The zero-order chi connectivity index (χ0) is 26.6. The summed E-state index contributed by atoms with van der Waals surface area (Å²) in [7, 11) is 0. The van der Waals surface area contributed by atoms with E-state index in [1.165, 1.54) is 25.7 Å². The number of nitrogens with zero attached hydrogens (tertiary/aromatic N) is 1. The average molecular weight is 523 g/mol. The first-order chi connectivity index (χ1) is 16.8. The molecular formula is C28H41Cl2N3O2. The van der Waals surface area contributed by atoms with Crippen molar-refractivity contribution in [1.29, 1.82) is 0 Å². The van der Waals surface area contributed by atoms with E-state index in [9.17, 15) is 4.79 Å². The Balaban J connectivity index is 0.00000146. The monoisotopic (exact) mass is 521 g/mol. The van der Waals surface area contributed by atoms with Crippen molar-refractivity contribution in [3.05, 3.63) is 64.4 Å². The molecule has 0 aromatic heterocycles. The predicted octanol–water partition coefficient (Wildman–Crippen LogP) is 6.78. The summed E-state index contributed by atoms with van der Waals surface area (Å²) in [4.78, 5) is 14.4. The smallest absolute Gasteiger partial charge is 0.356 e. The molecule has 0 unspecified atom stereocenters. The summed E-state index contributed by atoms with van der Waals surface area (Å²) in [5, 5.41) is 5.06. The molecule has 1 aromatic rings. The normalized spacial score (nSPS) is 14.0. The molecule has 1 aliphatic carbocycles. The molecule has 0 radical (unpaired) electrons. The van der Waals surface area contributed by atoms with Crippen LogP contribution in [0.25, 0.3) is 0 Å². The highest BCUT2D eigenvalue weighted by Crippen LogP contribution is 2.30. The lowest BCUT2D eigenvalue weighted by atomic mass is 10.1. The molecule has 7 heteroatoms. The number of carbonyl (C=O) groups excluding carboxylic acids is 1. The van der Waals surface area contributed by atoms with Gasteiger partial charge in [-0.15, -0.1) is 19.4 Å². The van der Waals surface area contributed by atoms with Crippen LogP contribution < -0.4 is 16.0 Å².